The summed E-state index contributed by atoms with van der Waals surface area (Å²) in [5, 5.41) is 2.03. The molecule has 2 aromatic rings. The average molecular weight is 223 g/mol. The zero-order valence-electron chi connectivity index (χ0n) is 8.43. The van der Waals surface area contributed by atoms with Gasteiger partial charge in [0.05, 0.1) is 22.9 Å². The smallest absolute Gasteiger partial charge is 0.0809 e. The molecule has 4 nitrogen and oxygen atoms in total. The van der Waals surface area contributed by atoms with Gasteiger partial charge in [0.2, 0.25) is 0 Å². The van der Waals surface area contributed by atoms with E-state index in [0.717, 1.165) is 11.1 Å². The van der Waals surface area contributed by atoms with Crippen LogP contribution in [0.3, 0.4) is 0 Å². The Morgan fingerprint density at radius 1 is 1.67 bits per heavy atom. The van der Waals surface area contributed by atoms with Crippen LogP contribution in [0.25, 0.3) is 10.2 Å². The molecule has 1 unspecified atom stereocenters. The monoisotopic (exact) mass is 223 g/mol. The zero-order valence-corrected chi connectivity index (χ0v) is 9.25. The van der Waals surface area contributed by atoms with Crippen molar-refractivity contribution < 1.29 is 4.74 Å². The molecule has 80 valence electrons. The molecule has 0 saturated carbocycles. The van der Waals surface area contributed by atoms with Gasteiger partial charge in [0.25, 0.3) is 0 Å². The maximum absolute atomic E-state index is 5.46. The summed E-state index contributed by atoms with van der Waals surface area (Å²) >= 11 is 1.68. The van der Waals surface area contributed by atoms with Crippen LogP contribution in [0, 0.1) is 0 Å². The number of nitrogens with two attached hydrogens (primary N) is 1. The molecule has 0 spiro atoms. The second-order valence-corrected chi connectivity index (χ2v) is 4.19. The van der Waals surface area contributed by atoms with Crippen molar-refractivity contribution >= 4 is 21.6 Å². The Bertz CT molecular complexity index is 443. The second kappa shape index (κ2) is 4.67. The molecule has 0 bridgehead atoms. The normalized spacial score (nSPS) is 13.2. The number of nitrogens with zero attached hydrogens (tertiary/aromatic N) is 1. The highest BCUT2D eigenvalue weighted by Crippen LogP contribution is 2.22. The van der Waals surface area contributed by atoms with Gasteiger partial charge in [-0.3, -0.25) is 16.3 Å². The fraction of sp³-hybridized carbons (Fsp3) is 0.300. The first-order valence-electron chi connectivity index (χ1n) is 4.63. The van der Waals surface area contributed by atoms with E-state index >= 15 is 0 Å². The number of pyridine rings is 1. The molecular formula is C10H13N3OS. The molecule has 0 aliphatic heterocycles. The van der Waals surface area contributed by atoms with Gasteiger partial charge in [-0.15, -0.1) is 11.3 Å². The van der Waals surface area contributed by atoms with Gasteiger partial charge in [-0.2, -0.15) is 0 Å². The Morgan fingerprint density at radius 2 is 2.53 bits per heavy atom. The Morgan fingerprint density at radius 3 is 3.27 bits per heavy atom. The molecule has 2 rings (SSSR count). The van der Waals surface area contributed by atoms with E-state index in [9.17, 15) is 0 Å². The van der Waals surface area contributed by atoms with Crippen LogP contribution in [0.5, 0.6) is 0 Å². The van der Waals surface area contributed by atoms with Gasteiger partial charge in [0.1, 0.15) is 0 Å². The van der Waals surface area contributed by atoms with Crippen molar-refractivity contribution in [3.05, 3.63) is 29.3 Å². The first-order valence-corrected chi connectivity index (χ1v) is 5.51. The summed E-state index contributed by atoms with van der Waals surface area (Å²) in [5.74, 6) is 5.46. The Kier molecular flexibility index (Phi) is 3.27. The molecule has 0 aromatic carbocycles. The zero-order chi connectivity index (χ0) is 10.7. The molecule has 0 radical (unpaired) electrons. The van der Waals surface area contributed by atoms with E-state index in [4.69, 9.17) is 10.6 Å². The summed E-state index contributed by atoms with van der Waals surface area (Å²) in [6.45, 7) is 0.537. The molecule has 0 aliphatic rings. The number of aromatic nitrogens is 1. The predicted octanol–water partition coefficient (Wildman–Crippen LogP) is 1.45. The van der Waals surface area contributed by atoms with E-state index < -0.39 is 0 Å². The summed E-state index contributed by atoms with van der Waals surface area (Å²) < 4.78 is 6.25. The number of nitrogens with one attached hydrogen (secondary N) is 1. The minimum atomic E-state index is -0.00556. The quantitative estimate of drug-likeness (QED) is 0.608. The maximum Gasteiger partial charge on any atom is 0.0809 e. The van der Waals surface area contributed by atoms with Crippen LogP contribution in [0.15, 0.2) is 23.7 Å². The molecule has 15 heavy (non-hydrogen) atoms. The maximum atomic E-state index is 5.46. The number of fused-ring (bicyclic) bond motifs is 1. The Hall–Kier alpha value is -1.01. The van der Waals surface area contributed by atoms with Crippen molar-refractivity contribution in [1.82, 2.24) is 10.4 Å². The number of hydrazine groups is 1. The number of rotatable bonds is 4. The fourth-order valence-electron chi connectivity index (χ4n) is 1.46. The highest BCUT2D eigenvalue weighted by atomic mass is 32.1. The minimum Gasteiger partial charge on any atom is -0.383 e. The molecule has 0 saturated heterocycles. The molecule has 1 atom stereocenters. The third-order valence-corrected chi connectivity index (χ3v) is 3.11. The largest absolute Gasteiger partial charge is 0.383 e. The molecule has 5 heteroatoms. The third-order valence-electron chi connectivity index (χ3n) is 2.26. The first kappa shape index (κ1) is 10.5. The van der Waals surface area contributed by atoms with Gasteiger partial charge in [-0.05, 0) is 23.1 Å². The van der Waals surface area contributed by atoms with Crippen LogP contribution in [-0.4, -0.2) is 18.7 Å². The van der Waals surface area contributed by atoms with Gasteiger partial charge in [0, 0.05) is 13.3 Å². The summed E-state index contributed by atoms with van der Waals surface area (Å²) in [6.07, 6.45) is 1.83. The molecule has 0 amide bonds. The van der Waals surface area contributed by atoms with Crippen LogP contribution < -0.4 is 11.3 Å². The summed E-state index contributed by atoms with van der Waals surface area (Å²) in [6, 6.07) is 4.09. The molecule has 2 heterocycles. The van der Waals surface area contributed by atoms with E-state index in [1.165, 1.54) is 4.70 Å². The number of hydrogen-bond donors (Lipinski definition) is 2. The van der Waals surface area contributed by atoms with Gasteiger partial charge in [-0.25, -0.2) is 0 Å². The van der Waals surface area contributed by atoms with Gasteiger partial charge in [-0.1, -0.05) is 0 Å². The molecule has 3 N–H and O–H groups in total. The van der Waals surface area contributed by atoms with Crippen molar-refractivity contribution in [1.29, 1.82) is 0 Å². The Balaban J connectivity index is 2.33. The van der Waals surface area contributed by atoms with Crippen LogP contribution in [0.2, 0.25) is 0 Å². The van der Waals surface area contributed by atoms with Crippen LogP contribution in [0.1, 0.15) is 11.6 Å². The fourth-order valence-corrected chi connectivity index (χ4v) is 2.25. The topological polar surface area (TPSA) is 60.2 Å². The molecule has 2 aromatic heterocycles. The van der Waals surface area contributed by atoms with Crippen molar-refractivity contribution in [2.24, 2.45) is 5.84 Å². The number of methoxy groups -OCH3 is 1. The number of hydrogen-bond acceptors (Lipinski definition) is 5. The van der Waals surface area contributed by atoms with Gasteiger partial charge in [0.15, 0.2) is 0 Å². The molecule has 0 fully saturated rings. The minimum absolute atomic E-state index is 0.00556. The Labute approximate surface area is 92.0 Å². The van der Waals surface area contributed by atoms with E-state index in [-0.39, 0.29) is 6.04 Å². The third kappa shape index (κ3) is 2.15. The van der Waals surface area contributed by atoms with Crippen molar-refractivity contribution in [2.45, 2.75) is 6.04 Å². The average Bonchev–Trinajstić information content (AvgIpc) is 2.72. The van der Waals surface area contributed by atoms with E-state index in [0.29, 0.717) is 6.61 Å². The standard InChI is InChI=1S/C10H13N3OS/c1-14-6-9(13-11)7-4-10-8(12-5-7)2-3-15-10/h2-5,9,13H,6,11H2,1H3. The predicted molar refractivity (Wildman–Crippen MR) is 61.6 cm³/mol. The van der Waals surface area contributed by atoms with Crippen LogP contribution in [-0.2, 0) is 4.74 Å². The molecular weight excluding hydrogens is 210 g/mol. The first-order chi connectivity index (χ1) is 7.35. The van der Waals surface area contributed by atoms with E-state index in [1.807, 2.05) is 17.6 Å². The summed E-state index contributed by atoms with van der Waals surface area (Å²) in [5.41, 5.74) is 4.79. The highest BCUT2D eigenvalue weighted by molar-refractivity contribution is 7.17. The van der Waals surface area contributed by atoms with E-state index in [2.05, 4.69) is 16.5 Å². The molecule has 0 aliphatic carbocycles. The lowest BCUT2D eigenvalue weighted by Gasteiger charge is -2.14. The number of ether oxygens (including phenoxy) is 1. The van der Waals surface area contributed by atoms with Gasteiger partial charge < -0.3 is 4.74 Å². The van der Waals surface area contributed by atoms with Crippen molar-refractivity contribution in [3.8, 4) is 0 Å². The second-order valence-electron chi connectivity index (χ2n) is 3.25. The summed E-state index contributed by atoms with van der Waals surface area (Å²) in [7, 11) is 1.65. The lowest BCUT2D eigenvalue weighted by molar-refractivity contribution is 0.167. The van der Waals surface area contributed by atoms with Crippen molar-refractivity contribution in [3.63, 3.8) is 0 Å². The van der Waals surface area contributed by atoms with Crippen LogP contribution >= 0.6 is 11.3 Å². The van der Waals surface area contributed by atoms with Gasteiger partial charge >= 0.3 is 0 Å². The van der Waals surface area contributed by atoms with Crippen molar-refractivity contribution in [2.75, 3.05) is 13.7 Å². The summed E-state index contributed by atoms with van der Waals surface area (Å²) in [4.78, 5) is 4.35. The SMILES string of the molecule is COCC(NN)c1cnc2ccsc2c1. The lowest BCUT2D eigenvalue weighted by Crippen LogP contribution is -2.31. The highest BCUT2D eigenvalue weighted by Gasteiger charge is 2.10. The number of thiophene rings is 1. The van der Waals surface area contributed by atoms with Crippen LogP contribution in [0.4, 0.5) is 0 Å². The lowest BCUT2D eigenvalue weighted by atomic mass is 10.1. The van der Waals surface area contributed by atoms with E-state index in [1.54, 1.807) is 18.4 Å².